The Kier molecular flexibility index (Phi) is 4.25. The summed E-state index contributed by atoms with van der Waals surface area (Å²) in [4.78, 5) is 0. The highest BCUT2D eigenvalue weighted by molar-refractivity contribution is 9.09. The van der Waals surface area contributed by atoms with Crippen LogP contribution < -0.4 is 0 Å². The number of halogens is 4. The Morgan fingerprint density at radius 1 is 1.24 bits per heavy atom. The lowest BCUT2D eigenvalue weighted by Crippen LogP contribution is -2.18. The molecule has 0 saturated carbocycles. The highest BCUT2D eigenvalue weighted by Crippen LogP contribution is 2.35. The van der Waals surface area contributed by atoms with Gasteiger partial charge < -0.3 is 5.11 Å². The fourth-order valence-corrected chi connectivity index (χ4v) is 1.97. The van der Waals surface area contributed by atoms with E-state index in [1.54, 1.807) is 0 Å². The fourth-order valence-electron chi connectivity index (χ4n) is 1.54. The van der Waals surface area contributed by atoms with Crippen LogP contribution in [0.5, 0.6) is 0 Å². The Balaban J connectivity index is 3.30. The average molecular weight is 311 g/mol. The molecule has 0 saturated heterocycles. The second-order valence-corrected chi connectivity index (χ2v) is 5.16. The lowest BCUT2D eigenvalue weighted by molar-refractivity contribution is -0.138. The third-order valence-corrected chi connectivity index (χ3v) is 2.88. The average Bonchev–Trinajstić information content (AvgIpc) is 2.15. The van der Waals surface area contributed by atoms with E-state index >= 15 is 0 Å². The standard InChI is InChI=1S/C12H14BrF3O/c1-11(2,17)9-4-3-8(5-6-13)10(7-9)12(14,15)16/h3-4,7,17H,5-6H2,1-2H3. The second-order valence-electron chi connectivity index (χ2n) is 4.37. The largest absolute Gasteiger partial charge is 0.416 e. The molecule has 0 atom stereocenters. The molecule has 1 aromatic carbocycles. The molecule has 0 fully saturated rings. The number of aryl methyl sites for hydroxylation is 1. The van der Waals surface area contributed by atoms with Crippen LogP contribution in [0.2, 0.25) is 0 Å². The monoisotopic (exact) mass is 310 g/mol. The van der Waals surface area contributed by atoms with Gasteiger partial charge in [-0.05, 0) is 37.5 Å². The summed E-state index contributed by atoms with van der Waals surface area (Å²) in [5, 5.41) is 10.2. The van der Waals surface area contributed by atoms with Gasteiger partial charge in [0.05, 0.1) is 11.2 Å². The zero-order chi connectivity index (χ0) is 13.3. The number of hydrogen-bond acceptors (Lipinski definition) is 1. The molecule has 96 valence electrons. The number of benzene rings is 1. The molecule has 0 heterocycles. The minimum absolute atomic E-state index is 0.238. The highest BCUT2D eigenvalue weighted by Gasteiger charge is 2.34. The summed E-state index contributed by atoms with van der Waals surface area (Å²) in [7, 11) is 0. The Hall–Kier alpha value is -0.550. The van der Waals surface area contributed by atoms with Crippen LogP contribution in [0.4, 0.5) is 13.2 Å². The Morgan fingerprint density at radius 2 is 1.82 bits per heavy atom. The summed E-state index contributed by atoms with van der Waals surface area (Å²) in [6, 6.07) is 3.99. The Bertz CT molecular complexity index is 394. The quantitative estimate of drug-likeness (QED) is 0.840. The third kappa shape index (κ3) is 3.71. The molecule has 0 amide bonds. The topological polar surface area (TPSA) is 20.2 Å². The minimum Gasteiger partial charge on any atom is -0.386 e. The maximum Gasteiger partial charge on any atom is 0.416 e. The van der Waals surface area contributed by atoms with E-state index in [1.807, 2.05) is 0 Å². The molecule has 5 heteroatoms. The molecule has 0 aliphatic rings. The fraction of sp³-hybridized carbons (Fsp3) is 0.500. The van der Waals surface area contributed by atoms with Crippen molar-refractivity contribution in [1.82, 2.24) is 0 Å². The van der Waals surface area contributed by atoms with E-state index in [2.05, 4.69) is 15.9 Å². The zero-order valence-corrected chi connectivity index (χ0v) is 11.2. The first-order valence-electron chi connectivity index (χ1n) is 5.15. The van der Waals surface area contributed by atoms with Crippen LogP contribution in [0.25, 0.3) is 0 Å². The maximum atomic E-state index is 12.8. The van der Waals surface area contributed by atoms with Crippen LogP contribution in [0, 0.1) is 0 Å². The van der Waals surface area contributed by atoms with Gasteiger partial charge in [0.2, 0.25) is 0 Å². The smallest absolute Gasteiger partial charge is 0.386 e. The number of alkyl halides is 4. The first-order chi connectivity index (χ1) is 7.66. The molecular weight excluding hydrogens is 297 g/mol. The van der Waals surface area contributed by atoms with Crippen LogP contribution in [0.3, 0.4) is 0 Å². The molecular formula is C12H14BrF3O. The van der Waals surface area contributed by atoms with E-state index in [9.17, 15) is 18.3 Å². The van der Waals surface area contributed by atoms with E-state index < -0.39 is 17.3 Å². The molecule has 0 unspecified atom stereocenters. The van der Waals surface area contributed by atoms with Gasteiger partial charge in [-0.15, -0.1) is 0 Å². The van der Waals surface area contributed by atoms with Gasteiger partial charge in [0, 0.05) is 5.33 Å². The number of rotatable bonds is 3. The molecule has 1 rings (SSSR count). The van der Waals surface area contributed by atoms with Gasteiger partial charge >= 0.3 is 6.18 Å². The van der Waals surface area contributed by atoms with E-state index in [0.717, 1.165) is 6.07 Å². The van der Waals surface area contributed by atoms with Crippen LogP contribution in [0.15, 0.2) is 18.2 Å². The molecule has 0 aromatic heterocycles. The van der Waals surface area contributed by atoms with Crippen molar-refractivity contribution >= 4 is 15.9 Å². The lowest BCUT2D eigenvalue weighted by atomic mass is 9.93. The highest BCUT2D eigenvalue weighted by atomic mass is 79.9. The first-order valence-corrected chi connectivity index (χ1v) is 6.27. The van der Waals surface area contributed by atoms with Crippen LogP contribution >= 0.6 is 15.9 Å². The summed E-state index contributed by atoms with van der Waals surface area (Å²) < 4.78 is 38.5. The molecule has 0 aliphatic heterocycles. The second kappa shape index (κ2) is 4.98. The van der Waals surface area contributed by atoms with Gasteiger partial charge in [0.15, 0.2) is 0 Å². The summed E-state index contributed by atoms with van der Waals surface area (Å²) in [5.74, 6) is 0. The zero-order valence-electron chi connectivity index (χ0n) is 9.61. The molecule has 17 heavy (non-hydrogen) atoms. The van der Waals surface area contributed by atoms with Crippen molar-refractivity contribution in [2.45, 2.75) is 32.0 Å². The van der Waals surface area contributed by atoms with Gasteiger partial charge in [0.25, 0.3) is 0 Å². The van der Waals surface area contributed by atoms with E-state index in [-0.39, 0.29) is 11.1 Å². The van der Waals surface area contributed by atoms with Gasteiger partial charge in [0.1, 0.15) is 0 Å². The molecule has 0 radical (unpaired) electrons. The summed E-state index contributed by atoms with van der Waals surface area (Å²) in [6.07, 6.45) is -4.08. The lowest BCUT2D eigenvalue weighted by Gasteiger charge is -2.21. The first kappa shape index (κ1) is 14.5. The van der Waals surface area contributed by atoms with Crippen LogP contribution in [-0.4, -0.2) is 10.4 Å². The van der Waals surface area contributed by atoms with Gasteiger partial charge in [-0.3, -0.25) is 0 Å². The van der Waals surface area contributed by atoms with E-state index in [1.165, 1.54) is 26.0 Å². The van der Waals surface area contributed by atoms with E-state index in [4.69, 9.17) is 0 Å². The van der Waals surface area contributed by atoms with Gasteiger partial charge in [-0.2, -0.15) is 13.2 Å². The minimum atomic E-state index is -4.39. The van der Waals surface area contributed by atoms with Crippen molar-refractivity contribution in [2.24, 2.45) is 0 Å². The molecule has 1 N–H and O–H groups in total. The predicted octanol–water partition coefficient (Wildman–Crippen LogP) is 3.87. The van der Waals surface area contributed by atoms with E-state index in [0.29, 0.717) is 11.8 Å². The number of hydrogen-bond donors (Lipinski definition) is 1. The van der Waals surface area contributed by atoms with Crippen molar-refractivity contribution in [3.8, 4) is 0 Å². The molecule has 0 spiro atoms. The SMILES string of the molecule is CC(C)(O)c1ccc(CCBr)c(C(F)(F)F)c1. The molecule has 0 aliphatic carbocycles. The maximum absolute atomic E-state index is 12.8. The van der Waals surface area contributed by atoms with Crippen molar-refractivity contribution in [1.29, 1.82) is 0 Å². The summed E-state index contributed by atoms with van der Waals surface area (Å²) in [5.41, 5.74) is -1.44. The normalized spacial score (nSPS) is 12.9. The van der Waals surface area contributed by atoms with Crippen molar-refractivity contribution in [2.75, 3.05) is 5.33 Å². The van der Waals surface area contributed by atoms with Crippen molar-refractivity contribution in [3.63, 3.8) is 0 Å². The molecule has 0 bridgehead atoms. The van der Waals surface area contributed by atoms with Gasteiger partial charge in [-0.1, -0.05) is 28.1 Å². The van der Waals surface area contributed by atoms with Crippen molar-refractivity contribution in [3.05, 3.63) is 34.9 Å². The third-order valence-electron chi connectivity index (χ3n) is 2.49. The van der Waals surface area contributed by atoms with Gasteiger partial charge in [-0.25, -0.2) is 0 Å². The summed E-state index contributed by atoms with van der Waals surface area (Å²) in [6.45, 7) is 2.93. The van der Waals surface area contributed by atoms with Crippen LogP contribution in [-0.2, 0) is 18.2 Å². The Labute approximate surface area is 107 Å². The number of aliphatic hydroxyl groups is 1. The van der Waals surface area contributed by atoms with Crippen molar-refractivity contribution < 1.29 is 18.3 Å². The summed E-state index contributed by atoms with van der Waals surface area (Å²) >= 11 is 3.13. The molecule has 1 aromatic rings. The predicted molar refractivity (Wildman–Crippen MR) is 64.2 cm³/mol. The molecule has 1 nitrogen and oxygen atoms in total. The Morgan fingerprint density at radius 3 is 2.24 bits per heavy atom. The van der Waals surface area contributed by atoms with Crippen LogP contribution in [0.1, 0.15) is 30.5 Å².